The molecule has 0 saturated heterocycles. The maximum absolute atomic E-state index is 12.4. The molecule has 0 heterocycles. The number of rotatable bonds is 8. The number of thioether (sulfide) groups is 1. The molecule has 0 aliphatic rings. The number of anilines is 2. The van der Waals surface area contributed by atoms with E-state index < -0.39 is 0 Å². The number of nitrogens with one attached hydrogen (secondary N) is 3. The predicted octanol–water partition coefficient (Wildman–Crippen LogP) is 3.58. The summed E-state index contributed by atoms with van der Waals surface area (Å²) < 4.78 is 0. The summed E-state index contributed by atoms with van der Waals surface area (Å²) in [6, 6.07) is 13.2. The Hall–Kier alpha value is -2.80. The fourth-order valence-corrected chi connectivity index (χ4v) is 3.34. The van der Waals surface area contributed by atoms with E-state index in [1.165, 1.54) is 25.0 Å². The zero-order valence-electron chi connectivity index (χ0n) is 16.3. The molecular weight excluding hydrogens is 374 g/mol. The van der Waals surface area contributed by atoms with Crippen LogP contribution in [0.1, 0.15) is 35.3 Å². The van der Waals surface area contributed by atoms with Gasteiger partial charge in [0.2, 0.25) is 11.8 Å². The standard InChI is InChI=1S/C21H25N3O3S/c1-14-4-6-17(7-5-14)13-28-9-8-22-21(27)18-10-19(23-15(2)25)12-20(11-18)24-16(3)26/h4-7,10-12H,8-9,13H2,1-3H3,(H,22,27)(H,23,25)(H,24,26). The molecule has 0 spiro atoms. The Kier molecular flexibility index (Phi) is 8.07. The Labute approximate surface area is 169 Å². The molecule has 0 saturated carbocycles. The van der Waals surface area contributed by atoms with Crippen molar-refractivity contribution in [2.24, 2.45) is 0 Å². The Bertz CT molecular complexity index is 816. The third-order valence-corrected chi connectivity index (χ3v) is 4.79. The summed E-state index contributed by atoms with van der Waals surface area (Å²) in [7, 11) is 0. The second-order valence-corrected chi connectivity index (χ2v) is 7.56. The molecule has 0 bridgehead atoms. The lowest BCUT2D eigenvalue weighted by molar-refractivity contribution is -0.115. The number of hydrogen-bond donors (Lipinski definition) is 3. The maximum atomic E-state index is 12.4. The van der Waals surface area contributed by atoms with E-state index in [-0.39, 0.29) is 17.7 Å². The van der Waals surface area contributed by atoms with Crippen LogP contribution in [0.25, 0.3) is 0 Å². The summed E-state index contributed by atoms with van der Waals surface area (Å²) in [5.41, 5.74) is 3.78. The first-order chi connectivity index (χ1) is 13.3. The normalized spacial score (nSPS) is 10.2. The van der Waals surface area contributed by atoms with Crippen molar-refractivity contribution in [3.05, 3.63) is 59.2 Å². The highest BCUT2D eigenvalue weighted by Gasteiger charge is 2.10. The molecular formula is C21H25N3O3S. The molecule has 2 aromatic rings. The summed E-state index contributed by atoms with van der Waals surface area (Å²) in [5, 5.41) is 8.15. The molecule has 0 aromatic heterocycles. The van der Waals surface area contributed by atoms with Crippen LogP contribution in [0.2, 0.25) is 0 Å². The van der Waals surface area contributed by atoms with Crippen molar-refractivity contribution in [3.63, 3.8) is 0 Å². The van der Waals surface area contributed by atoms with Crippen molar-refractivity contribution < 1.29 is 14.4 Å². The van der Waals surface area contributed by atoms with Gasteiger partial charge in [-0.3, -0.25) is 14.4 Å². The lowest BCUT2D eigenvalue weighted by Crippen LogP contribution is -2.26. The highest BCUT2D eigenvalue weighted by atomic mass is 32.2. The van der Waals surface area contributed by atoms with E-state index in [1.54, 1.807) is 30.0 Å². The summed E-state index contributed by atoms with van der Waals surface area (Å²) >= 11 is 1.74. The van der Waals surface area contributed by atoms with Gasteiger partial charge < -0.3 is 16.0 Å². The summed E-state index contributed by atoms with van der Waals surface area (Å²) in [6.45, 7) is 5.35. The molecule has 28 heavy (non-hydrogen) atoms. The van der Waals surface area contributed by atoms with E-state index in [1.807, 2.05) is 0 Å². The van der Waals surface area contributed by atoms with Crippen molar-refractivity contribution in [3.8, 4) is 0 Å². The van der Waals surface area contributed by atoms with Gasteiger partial charge in [-0.2, -0.15) is 11.8 Å². The van der Waals surface area contributed by atoms with Crippen LogP contribution < -0.4 is 16.0 Å². The van der Waals surface area contributed by atoms with E-state index in [0.29, 0.717) is 23.5 Å². The van der Waals surface area contributed by atoms with Crippen LogP contribution in [0.15, 0.2) is 42.5 Å². The monoisotopic (exact) mass is 399 g/mol. The number of aryl methyl sites for hydroxylation is 1. The van der Waals surface area contributed by atoms with Crippen LogP contribution in [0.4, 0.5) is 11.4 Å². The van der Waals surface area contributed by atoms with Gasteiger partial charge in [0.15, 0.2) is 0 Å². The third kappa shape index (κ3) is 7.44. The van der Waals surface area contributed by atoms with Gasteiger partial charge in [0.25, 0.3) is 5.91 Å². The molecule has 7 heteroatoms. The molecule has 2 aromatic carbocycles. The fraction of sp³-hybridized carbons (Fsp3) is 0.286. The first kappa shape index (κ1) is 21.5. The van der Waals surface area contributed by atoms with Crippen molar-refractivity contribution in [2.45, 2.75) is 26.5 Å². The van der Waals surface area contributed by atoms with Gasteiger partial charge in [0, 0.05) is 48.8 Å². The zero-order valence-corrected chi connectivity index (χ0v) is 17.1. The lowest BCUT2D eigenvalue weighted by Gasteiger charge is -2.11. The minimum atomic E-state index is -0.255. The maximum Gasteiger partial charge on any atom is 0.251 e. The number of amides is 3. The second-order valence-electron chi connectivity index (χ2n) is 6.46. The molecule has 6 nitrogen and oxygen atoms in total. The Morgan fingerprint density at radius 2 is 1.46 bits per heavy atom. The first-order valence-electron chi connectivity index (χ1n) is 8.95. The van der Waals surface area contributed by atoms with Crippen LogP contribution in [0, 0.1) is 6.92 Å². The Morgan fingerprint density at radius 1 is 0.893 bits per heavy atom. The van der Waals surface area contributed by atoms with Crippen molar-refractivity contribution >= 4 is 40.9 Å². The van der Waals surface area contributed by atoms with E-state index >= 15 is 0 Å². The van der Waals surface area contributed by atoms with Crippen LogP contribution in [-0.4, -0.2) is 30.0 Å². The highest BCUT2D eigenvalue weighted by molar-refractivity contribution is 7.98. The van der Waals surface area contributed by atoms with Gasteiger partial charge in [-0.15, -0.1) is 0 Å². The van der Waals surface area contributed by atoms with Gasteiger partial charge >= 0.3 is 0 Å². The molecule has 0 radical (unpaired) electrons. The predicted molar refractivity (Wildman–Crippen MR) is 115 cm³/mol. The molecule has 0 unspecified atom stereocenters. The van der Waals surface area contributed by atoms with Crippen molar-refractivity contribution in [1.82, 2.24) is 5.32 Å². The minimum Gasteiger partial charge on any atom is -0.351 e. The number of hydrogen-bond acceptors (Lipinski definition) is 4. The molecule has 0 atom stereocenters. The zero-order chi connectivity index (χ0) is 20.5. The Morgan fingerprint density at radius 3 is 2.00 bits per heavy atom. The van der Waals surface area contributed by atoms with E-state index in [2.05, 4.69) is 47.1 Å². The minimum absolute atomic E-state index is 0.251. The molecule has 3 N–H and O–H groups in total. The molecule has 148 valence electrons. The molecule has 0 fully saturated rings. The largest absolute Gasteiger partial charge is 0.351 e. The van der Waals surface area contributed by atoms with Crippen LogP contribution in [-0.2, 0) is 15.3 Å². The lowest BCUT2D eigenvalue weighted by atomic mass is 10.1. The van der Waals surface area contributed by atoms with Crippen molar-refractivity contribution in [2.75, 3.05) is 22.9 Å². The Balaban J connectivity index is 1.90. The quantitative estimate of drug-likeness (QED) is 0.592. The third-order valence-electron chi connectivity index (χ3n) is 3.76. The van der Waals surface area contributed by atoms with Crippen LogP contribution in [0.3, 0.4) is 0 Å². The van der Waals surface area contributed by atoms with Gasteiger partial charge in [-0.05, 0) is 30.7 Å². The second kappa shape index (κ2) is 10.5. The van der Waals surface area contributed by atoms with E-state index in [0.717, 1.165) is 11.5 Å². The summed E-state index contributed by atoms with van der Waals surface area (Å²) in [4.78, 5) is 35.1. The number of carbonyl (C=O) groups excluding carboxylic acids is 3. The van der Waals surface area contributed by atoms with E-state index in [9.17, 15) is 14.4 Å². The van der Waals surface area contributed by atoms with Crippen LogP contribution >= 0.6 is 11.8 Å². The average molecular weight is 400 g/mol. The average Bonchev–Trinajstić information content (AvgIpc) is 2.61. The van der Waals surface area contributed by atoms with Crippen LogP contribution in [0.5, 0.6) is 0 Å². The van der Waals surface area contributed by atoms with Gasteiger partial charge in [0.1, 0.15) is 0 Å². The topological polar surface area (TPSA) is 87.3 Å². The molecule has 2 rings (SSSR count). The SMILES string of the molecule is CC(=O)Nc1cc(NC(C)=O)cc(C(=O)NCCSCc2ccc(C)cc2)c1. The number of carbonyl (C=O) groups is 3. The van der Waals surface area contributed by atoms with E-state index in [4.69, 9.17) is 0 Å². The summed E-state index contributed by atoms with van der Waals surface area (Å²) in [5.74, 6) is 0.914. The smallest absolute Gasteiger partial charge is 0.251 e. The van der Waals surface area contributed by atoms with Gasteiger partial charge in [-0.1, -0.05) is 29.8 Å². The highest BCUT2D eigenvalue weighted by Crippen LogP contribution is 2.19. The summed E-state index contributed by atoms with van der Waals surface area (Å²) in [6.07, 6.45) is 0. The first-order valence-corrected chi connectivity index (χ1v) is 10.1. The number of benzene rings is 2. The van der Waals surface area contributed by atoms with Crippen molar-refractivity contribution in [1.29, 1.82) is 0 Å². The molecule has 3 amide bonds. The molecule has 0 aliphatic heterocycles. The van der Waals surface area contributed by atoms with Gasteiger partial charge in [-0.25, -0.2) is 0 Å². The van der Waals surface area contributed by atoms with Gasteiger partial charge in [0.05, 0.1) is 0 Å². The molecule has 0 aliphatic carbocycles. The fourth-order valence-electron chi connectivity index (χ4n) is 2.52.